The molecule has 0 radical (unpaired) electrons. The van der Waals surface area contributed by atoms with Gasteiger partial charge in [-0.1, -0.05) is 11.6 Å². The van der Waals surface area contributed by atoms with Gasteiger partial charge in [-0.2, -0.15) is 0 Å². The van der Waals surface area contributed by atoms with Crippen molar-refractivity contribution in [3.05, 3.63) is 76.2 Å². The fraction of sp³-hybridized carbons (Fsp3) is 0.259. The largest absolute Gasteiger partial charge is 0.480 e. The van der Waals surface area contributed by atoms with Crippen LogP contribution in [0.2, 0.25) is 5.02 Å². The van der Waals surface area contributed by atoms with E-state index in [0.29, 0.717) is 27.9 Å². The lowest BCUT2D eigenvalue weighted by atomic mass is 10.1. The fourth-order valence-corrected chi connectivity index (χ4v) is 5.94. The molecule has 1 aliphatic rings. The number of hydrogen-bond acceptors (Lipinski definition) is 8. The highest BCUT2D eigenvalue weighted by atomic mass is 35.5. The lowest BCUT2D eigenvalue weighted by molar-refractivity contribution is 0.0947. The molecule has 1 N–H and O–H groups in total. The molecular formula is C27H22ClF3N4O5S. The number of aromatic nitrogens is 3. The molecule has 0 unspecified atom stereocenters. The average Bonchev–Trinajstić information content (AvgIpc) is 3.09. The van der Waals surface area contributed by atoms with E-state index in [1.54, 1.807) is 30.5 Å². The number of hydrogen-bond donors (Lipinski definition) is 1. The molecule has 0 spiro atoms. The quantitative estimate of drug-likeness (QED) is 0.317. The Kier molecular flexibility index (Phi) is 8.11. The summed E-state index contributed by atoms with van der Waals surface area (Å²) in [6.07, 6.45) is -0.304. The van der Waals surface area contributed by atoms with Gasteiger partial charge < -0.3 is 14.8 Å². The highest BCUT2D eigenvalue weighted by molar-refractivity contribution is 7.92. The van der Waals surface area contributed by atoms with E-state index < -0.39 is 40.7 Å². The zero-order valence-corrected chi connectivity index (χ0v) is 23.0. The van der Waals surface area contributed by atoms with E-state index in [1.807, 2.05) is 0 Å². The van der Waals surface area contributed by atoms with E-state index in [2.05, 4.69) is 20.3 Å². The zero-order chi connectivity index (χ0) is 29.3. The molecule has 0 bridgehead atoms. The van der Waals surface area contributed by atoms with Gasteiger partial charge in [0.2, 0.25) is 21.2 Å². The van der Waals surface area contributed by atoms with Crippen LogP contribution in [0.15, 0.2) is 53.6 Å². The number of amides is 1. The van der Waals surface area contributed by atoms with Gasteiger partial charge in [0, 0.05) is 27.7 Å². The SMILES string of the molecule is COc1nc([C@H](F)CF)ccc1-c1ccc2cnc(CNC(=O)c3cc(Cl)c4c(c3)S(=O)(=O)[C@@H](F)COC4)cc2n1. The zero-order valence-electron chi connectivity index (χ0n) is 21.4. The molecule has 1 aliphatic heterocycles. The maximum Gasteiger partial charge on any atom is 0.251 e. The van der Waals surface area contributed by atoms with Crippen molar-refractivity contribution in [1.82, 2.24) is 20.3 Å². The Balaban J connectivity index is 1.38. The van der Waals surface area contributed by atoms with E-state index in [4.69, 9.17) is 21.1 Å². The first-order valence-electron chi connectivity index (χ1n) is 12.2. The molecule has 0 saturated carbocycles. The Labute approximate surface area is 237 Å². The van der Waals surface area contributed by atoms with Crippen LogP contribution in [0.25, 0.3) is 22.2 Å². The third-order valence-corrected chi connectivity index (χ3v) is 8.55. The van der Waals surface area contributed by atoms with Crippen molar-refractivity contribution in [2.24, 2.45) is 0 Å². The topological polar surface area (TPSA) is 120 Å². The van der Waals surface area contributed by atoms with Gasteiger partial charge >= 0.3 is 0 Å². The van der Waals surface area contributed by atoms with Crippen LogP contribution >= 0.6 is 11.6 Å². The summed E-state index contributed by atoms with van der Waals surface area (Å²) in [6.45, 7) is -2.09. The molecule has 214 valence electrons. The van der Waals surface area contributed by atoms with Crippen LogP contribution in [0.5, 0.6) is 5.88 Å². The summed E-state index contributed by atoms with van der Waals surface area (Å²) >= 11 is 6.22. The number of ether oxygens (including phenoxy) is 2. The molecule has 41 heavy (non-hydrogen) atoms. The molecule has 9 nitrogen and oxygen atoms in total. The molecule has 0 saturated heterocycles. The molecule has 4 aromatic rings. The molecular weight excluding hydrogens is 585 g/mol. The second-order valence-corrected chi connectivity index (χ2v) is 11.5. The first-order valence-corrected chi connectivity index (χ1v) is 14.1. The molecule has 0 aliphatic carbocycles. The minimum absolute atomic E-state index is 0.0319. The predicted octanol–water partition coefficient (Wildman–Crippen LogP) is 4.86. The highest BCUT2D eigenvalue weighted by Gasteiger charge is 2.34. The third kappa shape index (κ3) is 5.69. The van der Waals surface area contributed by atoms with Gasteiger partial charge in [0.1, 0.15) is 6.67 Å². The molecule has 14 heteroatoms. The van der Waals surface area contributed by atoms with Gasteiger partial charge in [0.05, 0.1) is 59.9 Å². The van der Waals surface area contributed by atoms with Gasteiger partial charge in [-0.05, 0) is 42.5 Å². The van der Waals surface area contributed by atoms with Crippen LogP contribution in [-0.4, -0.2) is 55.2 Å². The summed E-state index contributed by atoms with van der Waals surface area (Å²) in [4.78, 5) is 25.5. The monoisotopic (exact) mass is 606 g/mol. The second kappa shape index (κ2) is 11.6. The van der Waals surface area contributed by atoms with Crippen LogP contribution in [0.1, 0.15) is 33.5 Å². The van der Waals surface area contributed by atoms with Gasteiger partial charge in [-0.25, -0.2) is 31.6 Å². The maximum absolute atomic E-state index is 14.2. The van der Waals surface area contributed by atoms with Crippen LogP contribution in [0.4, 0.5) is 13.2 Å². The number of halogens is 4. The number of carbonyl (C=O) groups is 1. The van der Waals surface area contributed by atoms with Crippen molar-refractivity contribution in [2.75, 3.05) is 20.4 Å². The highest BCUT2D eigenvalue weighted by Crippen LogP contribution is 2.33. The summed E-state index contributed by atoms with van der Waals surface area (Å²) in [5.74, 6) is -0.566. The number of sulfone groups is 1. The van der Waals surface area contributed by atoms with E-state index >= 15 is 0 Å². The molecule has 1 amide bonds. The minimum Gasteiger partial charge on any atom is -0.480 e. The second-order valence-electron chi connectivity index (χ2n) is 9.07. The number of nitrogens with one attached hydrogen (secondary N) is 1. The number of nitrogens with zero attached hydrogens (tertiary/aromatic N) is 3. The van der Waals surface area contributed by atoms with Crippen LogP contribution in [0, 0.1) is 0 Å². The normalized spacial score (nSPS) is 17.0. The molecule has 4 heterocycles. The molecule has 3 aromatic heterocycles. The van der Waals surface area contributed by atoms with Crippen LogP contribution in [-0.2, 0) is 27.7 Å². The number of pyridine rings is 3. The number of rotatable bonds is 7. The molecule has 0 fully saturated rings. The summed E-state index contributed by atoms with van der Waals surface area (Å²) in [5.41, 5.74) is -0.469. The lowest BCUT2D eigenvalue weighted by Gasteiger charge is -2.12. The Morgan fingerprint density at radius 2 is 2.02 bits per heavy atom. The fourth-order valence-electron chi connectivity index (χ4n) is 4.25. The first kappa shape index (κ1) is 28.7. The van der Waals surface area contributed by atoms with Gasteiger partial charge in [0.15, 0.2) is 6.17 Å². The van der Waals surface area contributed by atoms with E-state index in [1.165, 1.54) is 19.2 Å². The number of carbonyl (C=O) groups excluding carboxylic acids is 1. The lowest BCUT2D eigenvalue weighted by Crippen LogP contribution is -2.24. The Bertz CT molecular complexity index is 1760. The first-order chi connectivity index (χ1) is 19.6. The van der Waals surface area contributed by atoms with Crippen molar-refractivity contribution in [1.29, 1.82) is 0 Å². The summed E-state index contributed by atoms with van der Waals surface area (Å²) in [6, 6.07) is 10.4. The van der Waals surface area contributed by atoms with E-state index in [-0.39, 0.29) is 45.8 Å². The number of methoxy groups -OCH3 is 1. The predicted molar refractivity (Wildman–Crippen MR) is 144 cm³/mol. The van der Waals surface area contributed by atoms with Crippen LogP contribution < -0.4 is 10.1 Å². The van der Waals surface area contributed by atoms with E-state index in [9.17, 15) is 26.4 Å². The van der Waals surface area contributed by atoms with Gasteiger partial charge in [-0.3, -0.25) is 9.78 Å². The smallest absolute Gasteiger partial charge is 0.251 e. The third-order valence-electron chi connectivity index (χ3n) is 6.42. The summed E-state index contributed by atoms with van der Waals surface area (Å²) in [5, 5.41) is 3.31. The maximum atomic E-state index is 14.2. The Morgan fingerprint density at radius 3 is 2.78 bits per heavy atom. The number of benzene rings is 1. The Morgan fingerprint density at radius 1 is 1.22 bits per heavy atom. The number of alkyl halides is 3. The van der Waals surface area contributed by atoms with Crippen molar-refractivity contribution >= 4 is 38.2 Å². The number of fused-ring (bicyclic) bond motifs is 2. The van der Waals surface area contributed by atoms with Gasteiger partial charge in [-0.15, -0.1) is 0 Å². The van der Waals surface area contributed by atoms with E-state index in [0.717, 1.165) is 6.07 Å². The minimum atomic E-state index is -4.39. The Hall–Kier alpha value is -3.81. The van der Waals surface area contributed by atoms with Gasteiger partial charge in [0.25, 0.3) is 5.91 Å². The summed E-state index contributed by atoms with van der Waals surface area (Å²) < 4.78 is 76.2. The summed E-state index contributed by atoms with van der Waals surface area (Å²) in [7, 11) is -3.03. The molecule has 5 rings (SSSR count). The van der Waals surface area contributed by atoms with Crippen molar-refractivity contribution in [2.45, 2.75) is 29.7 Å². The van der Waals surface area contributed by atoms with Crippen molar-refractivity contribution in [3.8, 4) is 17.1 Å². The molecule has 1 aromatic carbocycles. The van der Waals surface area contributed by atoms with Crippen LogP contribution in [0.3, 0.4) is 0 Å². The average molecular weight is 607 g/mol. The van der Waals surface area contributed by atoms with Crippen molar-refractivity contribution < 1.29 is 35.9 Å². The molecule has 2 atom stereocenters. The van der Waals surface area contributed by atoms with Crippen molar-refractivity contribution in [3.63, 3.8) is 0 Å². The standard InChI is InChI=1S/C27H22ClF3N4O5S/c1-39-27-17(3-5-22(35-27)20(30)9-29)21-4-2-14-10-32-16(8-23(14)34-21)11-33-26(36)15-6-19(28)18-12-40-13-25(31)41(37,38)24(18)7-15/h2-8,10,20,25H,9,11-13H2,1H3,(H,33,36)/t20-,25-/m1/s1.